The number of benzene rings is 1. The molecule has 1 fully saturated rings. The molecule has 1 aromatic rings. The van der Waals surface area contributed by atoms with E-state index in [1.165, 1.54) is 0 Å². The minimum atomic E-state index is -0.332. The van der Waals surface area contributed by atoms with Crippen molar-refractivity contribution in [1.82, 2.24) is 4.90 Å². The molecule has 1 aliphatic heterocycles. The largest absolute Gasteiger partial charge is 0.393 e. The third-order valence-electron chi connectivity index (χ3n) is 3.53. The van der Waals surface area contributed by atoms with E-state index in [9.17, 15) is 9.90 Å². The van der Waals surface area contributed by atoms with Gasteiger partial charge in [-0.15, -0.1) is 11.8 Å². The summed E-state index contributed by atoms with van der Waals surface area (Å²) in [6, 6.07) is 7.70. The number of amides is 1. The summed E-state index contributed by atoms with van der Waals surface area (Å²) in [5.74, 6) is 0.297. The number of hydrogen-bond donors (Lipinski definition) is 1. The molecule has 2 unspecified atom stereocenters. The number of nitrogens with zero attached hydrogens (tertiary/aromatic N) is 1. The van der Waals surface area contributed by atoms with Crippen LogP contribution in [-0.4, -0.2) is 41.4 Å². The predicted molar refractivity (Wildman–Crippen MR) is 73.9 cm³/mol. The summed E-state index contributed by atoms with van der Waals surface area (Å²) in [6.07, 6.45) is 2.58. The molecular weight excluding hydrogens is 246 g/mol. The van der Waals surface area contributed by atoms with E-state index in [1.807, 2.05) is 35.4 Å². The second-order valence-electron chi connectivity index (χ2n) is 4.77. The predicted octanol–water partition coefficient (Wildman–Crippen LogP) is 2.25. The minimum Gasteiger partial charge on any atom is -0.393 e. The van der Waals surface area contributed by atoms with E-state index >= 15 is 0 Å². The van der Waals surface area contributed by atoms with Gasteiger partial charge in [-0.1, -0.05) is 0 Å². The van der Waals surface area contributed by atoms with Gasteiger partial charge in [0.1, 0.15) is 0 Å². The van der Waals surface area contributed by atoms with Gasteiger partial charge in [0.25, 0.3) is 5.91 Å². The van der Waals surface area contributed by atoms with Crippen molar-refractivity contribution >= 4 is 17.7 Å². The summed E-state index contributed by atoms with van der Waals surface area (Å²) in [7, 11) is 0. The van der Waals surface area contributed by atoms with E-state index in [2.05, 4.69) is 0 Å². The van der Waals surface area contributed by atoms with Gasteiger partial charge >= 0.3 is 0 Å². The van der Waals surface area contributed by atoms with E-state index in [0.717, 1.165) is 23.4 Å². The van der Waals surface area contributed by atoms with E-state index in [0.29, 0.717) is 6.54 Å². The van der Waals surface area contributed by atoms with Crippen LogP contribution < -0.4 is 0 Å². The van der Waals surface area contributed by atoms with Gasteiger partial charge in [-0.05, 0) is 43.9 Å². The number of hydrogen-bond acceptors (Lipinski definition) is 3. The summed E-state index contributed by atoms with van der Waals surface area (Å²) in [6.45, 7) is 3.21. The number of rotatable bonds is 3. The molecule has 0 radical (unpaired) electrons. The maximum atomic E-state index is 12.3. The third-order valence-corrected chi connectivity index (χ3v) is 4.27. The van der Waals surface area contributed by atoms with Crippen molar-refractivity contribution < 1.29 is 9.90 Å². The summed E-state index contributed by atoms with van der Waals surface area (Å²) < 4.78 is 0. The van der Waals surface area contributed by atoms with Crippen molar-refractivity contribution in [2.75, 3.05) is 19.3 Å². The average molecular weight is 265 g/mol. The highest BCUT2D eigenvalue weighted by Crippen LogP contribution is 2.22. The lowest BCUT2D eigenvalue weighted by Gasteiger charge is -2.17. The molecule has 0 aromatic heterocycles. The number of aliphatic hydroxyl groups excluding tert-OH is 1. The first-order valence-corrected chi connectivity index (χ1v) is 7.45. The monoisotopic (exact) mass is 265 g/mol. The molecule has 0 spiro atoms. The van der Waals surface area contributed by atoms with Gasteiger partial charge in [0.05, 0.1) is 6.10 Å². The Morgan fingerprint density at radius 2 is 2.11 bits per heavy atom. The van der Waals surface area contributed by atoms with Gasteiger partial charge in [0.2, 0.25) is 0 Å². The van der Waals surface area contributed by atoms with Gasteiger partial charge in [-0.2, -0.15) is 0 Å². The van der Waals surface area contributed by atoms with Gasteiger partial charge in [0.15, 0.2) is 0 Å². The van der Waals surface area contributed by atoms with Crippen molar-refractivity contribution in [3.05, 3.63) is 29.8 Å². The standard InChI is InChI=1S/C14H19NO2S/c1-10(16)12-7-8-15(9-12)14(17)11-3-5-13(18-2)6-4-11/h3-6,10,12,16H,7-9H2,1-2H3. The molecule has 98 valence electrons. The number of likely N-dealkylation sites (tertiary alicyclic amines) is 1. The molecular formula is C14H19NO2S. The lowest BCUT2D eigenvalue weighted by atomic mass is 10.0. The lowest BCUT2D eigenvalue weighted by molar-refractivity contribution is 0.0762. The molecule has 2 rings (SSSR count). The quantitative estimate of drug-likeness (QED) is 0.852. The zero-order chi connectivity index (χ0) is 13.1. The molecule has 18 heavy (non-hydrogen) atoms. The highest BCUT2D eigenvalue weighted by atomic mass is 32.2. The van der Waals surface area contributed by atoms with Gasteiger partial charge in [-0.25, -0.2) is 0 Å². The van der Waals surface area contributed by atoms with Gasteiger partial charge in [0, 0.05) is 29.5 Å². The summed E-state index contributed by atoms with van der Waals surface area (Å²) in [5.41, 5.74) is 0.735. The van der Waals surface area contributed by atoms with Crippen LogP contribution in [0.1, 0.15) is 23.7 Å². The fourth-order valence-electron chi connectivity index (χ4n) is 2.28. The van der Waals surface area contributed by atoms with Crippen LogP contribution in [-0.2, 0) is 0 Å². The molecule has 0 aliphatic carbocycles. The Hall–Kier alpha value is -1.00. The summed E-state index contributed by atoms with van der Waals surface area (Å²) in [4.78, 5) is 15.3. The molecule has 2 atom stereocenters. The van der Waals surface area contributed by atoms with Gasteiger partial charge < -0.3 is 10.0 Å². The van der Waals surface area contributed by atoms with Crippen molar-refractivity contribution in [2.45, 2.75) is 24.3 Å². The van der Waals surface area contributed by atoms with E-state index in [1.54, 1.807) is 18.7 Å². The molecule has 0 saturated carbocycles. The second kappa shape index (κ2) is 5.76. The molecule has 0 bridgehead atoms. The van der Waals surface area contributed by atoms with Crippen molar-refractivity contribution in [3.63, 3.8) is 0 Å². The van der Waals surface area contributed by atoms with Crippen LogP contribution in [0, 0.1) is 5.92 Å². The molecule has 3 nitrogen and oxygen atoms in total. The highest BCUT2D eigenvalue weighted by Gasteiger charge is 2.29. The van der Waals surface area contributed by atoms with Crippen LogP contribution in [0.2, 0.25) is 0 Å². The van der Waals surface area contributed by atoms with Crippen LogP contribution in [0.3, 0.4) is 0 Å². The molecule has 1 N–H and O–H groups in total. The van der Waals surface area contributed by atoms with Gasteiger partial charge in [-0.3, -0.25) is 4.79 Å². The Morgan fingerprint density at radius 3 is 2.61 bits per heavy atom. The van der Waals surface area contributed by atoms with Crippen LogP contribution in [0.15, 0.2) is 29.2 Å². The van der Waals surface area contributed by atoms with Crippen molar-refractivity contribution in [1.29, 1.82) is 0 Å². The maximum Gasteiger partial charge on any atom is 0.253 e. The molecule has 4 heteroatoms. The SMILES string of the molecule is CSc1ccc(C(=O)N2CCC(C(C)O)C2)cc1. The first kappa shape index (κ1) is 13.4. The maximum absolute atomic E-state index is 12.3. The Labute approximate surface area is 112 Å². The third kappa shape index (κ3) is 2.87. The zero-order valence-corrected chi connectivity index (χ0v) is 11.6. The Morgan fingerprint density at radius 1 is 1.44 bits per heavy atom. The Balaban J connectivity index is 2.03. The second-order valence-corrected chi connectivity index (χ2v) is 5.65. The zero-order valence-electron chi connectivity index (χ0n) is 10.8. The van der Waals surface area contributed by atoms with Crippen LogP contribution in [0.5, 0.6) is 0 Å². The summed E-state index contributed by atoms with van der Waals surface area (Å²) >= 11 is 1.67. The number of carbonyl (C=O) groups is 1. The molecule has 1 amide bonds. The molecule has 1 saturated heterocycles. The molecule has 1 heterocycles. The van der Waals surface area contributed by atoms with E-state index in [-0.39, 0.29) is 17.9 Å². The molecule has 1 aromatic carbocycles. The summed E-state index contributed by atoms with van der Waals surface area (Å²) in [5, 5.41) is 9.55. The van der Waals surface area contributed by atoms with Crippen molar-refractivity contribution in [3.8, 4) is 0 Å². The fourth-order valence-corrected chi connectivity index (χ4v) is 2.69. The van der Waals surface area contributed by atoms with E-state index in [4.69, 9.17) is 0 Å². The Kier molecular flexibility index (Phi) is 4.30. The minimum absolute atomic E-state index is 0.0748. The van der Waals surface area contributed by atoms with Crippen LogP contribution in [0.4, 0.5) is 0 Å². The smallest absolute Gasteiger partial charge is 0.253 e. The number of thioether (sulfide) groups is 1. The normalized spacial score (nSPS) is 21.1. The van der Waals surface area contributed by atoms with Crippen LogP contribution >= 0.6 is 11.8 Å². The van der Waals surface area contributed by atoms with Crippen LogP contribution in [0.25, 0.3) is 0 Å². The first-order chi connectivity index (χ1) is 8.61. The number of carbonyl (C=O) groups excluding carboxylic acids is 1. The average Bonchev–Trinajstić information content (AvgIpc) is 2.88. The van der Waals surface area contributed by atoms with E-state index < -0.39 is 0 Å². The Bertz CT molecular complexity index is 416. The lowest BCUT2D eigenvalue weighted by Crippen LogP contribution is -2.30. The van der Waals surface area contributed by atoms with Crippen molar-refractivity contribution in [2.24, 2.45) is 5.92 Å². The topological polar surface area (TPSA) is 40.5 Å². The fraction of sp³-hybridized carbons (Fsp3) is 0.500. The highest BCUT2D eigenvalue weighted by molar-refractivity contribution is 7.98. The number of aliphatic hydroxyl groups is 1. The first-order valence-electron chi connectivity index (χ1n) is 6.23. The molecule has 1 aliphatic rings.